The van der Waals surface area contributed by atoms with E-state index in [1.54, 1.807) is 37.5 Å². The van der Waals surface area contributed by atoms with Crippen molar-refractivity contribution in [2.24, 2.45) is 5.73 Å². The maximum atomic E-state index is 12.2. The van der Waals surface area contributed by atoms with E-state index in [1.165, 1.54) is 11.1 Å². The molecule has 2 aromatic rings. The van der Waals surface area contributed by atoms with Gasteiger partial charge in [-0.05, 0) is 24.3 Å². The predicted octanol–water partition coefficient (Wildman–Crippen LogP) is 1.39. The van der Waals surface area contributed by atoms with Crippen LogP contribution >= 0.6 is 12.2 Å². The highest BCUT2D eigenvalue weighted by Crippen LogP contribution is 2.11. The first-order valence-electron chi connectivity index (χ1n) is 5.54. The Kier molecular flexibility index (Phi) is 3.82. The number of amides is 1. The molecule has 6 heteroatoms. The van der Waals surface area contributed by atoms with Gasteiger partial charge >= 0.3 is 0 Å². The first-order chi connectivity index (χ1) is 9.09. The molecule has 0 aliphatic rings. The van der Waals surface area contributed by atoms with Gasteiger partial charge in [0, 0.05) is 25.0 Å². The highest BCUT2D eigenvalue weighted by Gasteiger charge is 2.15. The molecule has 2 aromatic heterocycles. The Morgan fingerprint density at radius 1 is 1.26 bits per heavy atom. The molecule has 5 nitrogen and oxygen atoms in total. The molecule has 0 saturated carbocycles. The predicted molar refractivity (Wildman–Crippen MR) is 77.1 cm³/mol. The van der Waals surface area contributed by atoms with E-state index in [2.05, 4.69) is 9.97 Å². The fourth-order valence-corrected chi connectivity index (χ4v) is 1.61. The smallest absolute Gasteiger partial charge is 0.277 e. The number of pyridine rings is 2. The van der Waals surface area contributed by atoms with Gasteiger partial charge in [0.1, 0.15) is 16.5 Å². The molecule has 0 aromatic carbocycles. The summed E-state index contributed by atoms with van der Waals surface area (Å²) in [6.07, 6.45) is 3.12. The largest absolute Gasteiger partial charge is 0.389 e. The molecule has 19 heavy (non-hydrogen) atoms. The van der Waals surface area contributed by atoms with E-state index in [0.29, 0.717) is 17.1 Å². The van der Waals surface area contributed by atoms with Gasteiger partial charge < -0.3 is 5.73 Å². The van der Waals surface area contributed by atoms with Crippen molar-refractivity contribution < 1.29 is 4.79 Å². The van der Waals surface area contributed by atoms with Crippen molar-refractivity contribution >= 4 is 28.9 Å². The maximum absolute atomic E-state index is 12.2. The Hall–Kier alpha value is -2.34. The minimum atomic E-state index is -0.242. The van der Waals surface area contributed by atoms with Crippen LogP contribution in [0.25, 0.3) is 0 Å². The van der Waals surface area contributed by atoms with Crippen LogP contribution in [0.15, 0.2) is 42.7 Å². The summed E-state index contributed by atoms with van der Waals surface area (Å²) in [5, 5.41) is 0. The van der Waals surface area contributed by atoms with E-state index >= 15 is 0 Å². The summed E-state index contributed by atoms with van der Waals surface area (Å²) < 4.78 is 0. The molecule has 96 valence electrons. The minimum Gasteiger partial charge on any atom is -0.389 e. The normalized spacial score (nSPS) is 9.95. The van der Waals surface area contributed by atoms with Crippen molar-refractivity contribution in [1.82, 2.24) is 9.97 Å². The van der Waals surface area contributed by atoms with E-state index < -0.39 is 0 Å². The number of nitrogens with zero attached hydrogens (tertiary/aromatic N) is 3. The summed E-state index contributed by atoms with van der Waals surface area (Å²) in [6.45, 7) is 0. The number of nitrogens with two attached hydrogens (primary N) is 1. The van der Waals surface area contributed by atoms with Gasteiger partial charge in [0.05, 0.1) is 0 Å². The lowest BCUT2D eigenvalue weighted by Crippen LogP contribution is -2.28. The second-order valence-corrected chi connectivity index (χ2v) is 4.29. The summed E-state index contributed by atoms with van der Waals surface area (Å²) in [5.41, 5.74) is 6.42. The van der Waals surface area contributed by atoms with Crippen LogP contribution in [0.4, 0.5) is 5.82 Å². The third-order valence-corrected chi connectivity index (χ3v) is 2.80. The number of carbonyl (C=O) groups is 1. The number of carbonyl (C=O) groups excluding carboxylic acids is 1. The number of hydrogen-bond acceptors (Lipinski definition) is 4. The zero-order valence-electron chi connectivity index (χ0n) is 10.3. The lowest BCUT2D eigenvalue weighted by atomic mass is 10.2. The van der Waals surface area contributed by atoms with E-state index in [4.69, 9.17) is 18.0 Å². The summed E-state index contributed by atoms with van der Waals surface area (Å²) in [5.74, 6) is 0.320. The monoisotopic (exact) mass is 272 g/mol. The van der Waals surface area contributed by atoms with Crippen molar-refractivity contribution in [2.45, 2.75) is 0 Å². The SMILES string of the molecule is CN(C(=O)c1ccc(C(N)=S)cn1)c1ccccn1. The second-order valence-electron chi connectivity index (χ2n) is 3.85. The minimum absolute atomic E-state index is 0.242. The molecule has 0 radical (unpaired) electrons. The molecule has 1 amide bonds. The van der Waals surface area contributed by atoms with Gasteiger partial charge in [-0.25, -0.2) is 4.98 Å². The highest BCUT2D eigenvalue weighted by molar-refractivity contribution is 7.80. The van der Waals surface area contributed by atoms with Crippen LogP contribution in [0.1, 0.15) is 16.1 Å². The van der Waals surface area contributed by atoms with Crippen molar-refractivity contribution in [2.75, 3.05) is 11.9 Å². The van der Waals surface area contributed by atoms with Gasteiger partial charge in [-0.15, -0.1) is 0 Å². The molecule has 0 unspecified atom stereocenters. The summed E-state index contributed by atoms with van der Waals surface area (Å²) in [6, 6.07) is 8.62. The van der Waals surface area contributed by atoms with Gasteiger partial charge in [-0.3, -0.25) is 14.7 Å². The quantitative estimate of drug-likeness (QED) is 0.855. The first kappa shape index (κ1) is 13.1. The second kappa shape index (κ2) is 5.53. The fourth-order valence-electron chi connectivity index (χ4n) is 1.49. The standard InChI is InChI=1S/C13H12N4OS/c1-17(11-4-2-3-7-15-11)13(18)10-6-5-9(8-16-10)12(14)19/h2-8H,1H3,(H2,14,19). The Morgan fingerprint density at radius 3 is 2.58 bits per heavy atom. The Labute approximate surface area is 116 Å². The third kappa shape index (κ3) is 2.92. The van der Waals surface area contributed by atoms with Gasteiger partial charge in [-0.2, -0.15) is 0 Å². The molecular formula is C13H12N4OS. The number of thiocarbonyl (C=S) groups is 1. The van der Waals surface area contributed by atoms with Gasteiger partial charge in [0.25, 0.3) is 5.91 Å². The van der Waals surface area contributed by atoms with Crippen LogP contribution in [-0.2, 0) is 0 Å². The topological polar surface area (TPSA) is 72.1 Å². The zero-order valence-corrected chi connectivity index (χ0v) is 11.1. The Morgan fingerprint density at radius 2 is 2.05 bits per heavy atom. The van der Waals surface area contributed by atoms with E-state index in [0.717, 1.165) is 0 Å². The van der Waals surface area contributed by atoms with Crippen LogP contribution in [0.3, 0.4) is 0 Å². The number of aromatic nitrogens is 2. The van der Waals surface area contributed by atoms with Crippen LogP contribution in [0.5, 0.6) is 0 Å². The van der Waals surface area contributed by atoms with Gasteiger partial charge in [-0.1, -0.05) is 18.3 Å². The maximum Gasteiger partial charge on any atom is 0.277 e. The summed E-state index contributed by atoms with van der Waals surface area (Å²) in [4.78, 5) is 22.0. The average Bonchev–Trinajstić information content (AvgIpc) is 2.46. The average molecular weight is 272 g/mol. The molecule has 0 saturated heterocycles. The highest BCUT2D eigenvalue weighted by atomic mass is 32.1. The summed E-state index contributed by atoms with van der Waals surface area (Å²) >= 11 is 4.83. The Bertz CT molecular complexity index is 598. The number of hydrogen-bond donors (Lipinski definition) is 1. The molecule has 0 fully saturated rings. The Balaban J connectivity index is 2.22. The lowest BCUT2D eigenvalue weighted by molar-refractivity contribution is 0.0987. The zero-order chi connectivity index (χ0) is 13.8. The third-order valence-electron chi connectivity index (χ3n) is 2.56. The molecule has 0 aliphatic carbocycles. The van der Waals surface area contributed by atoms with Crippen molar-refractivity contribution in [1.29, 1.82) is 0 Å². The molecule has 2 N–H and O–H groups in total. The molecule has 2 rings (SSSR count). The van der Waals surface area contributed by atoms with Crippen molar-refractivity contribution in [3.05, 3.63) is 54.0 Å². The lowest BCUT2D eigenvalue weighted by Gasteiger charge is -2.15. The van der Waals surface area contributed by atoms with E-state index in [-0.39, 0.29) is 10.9 Å². The van der Waals surface area contributed by atoms with Gasteiger partial charge in [0.15, 0.2) is 0 Å². The van der Waals surface area contributed by atoms with Crippen molar-refractivity contribution in [3.8, 4) is 0 Å². The summed E-state index contributed by atoms with van der Waals surface area (Å²) in [7, 11) is 1.65. The first-order valence-corrected chi connectivity index (χ1v) is 5.95. The number of rotatable bonds is 3. The van der Waals surface area contributed by atoms with Crippen molar-refractivity contribution in [3.63, 3.8) is 0 Å². The van der Waals surface area contributed by atoms with Crippen LogP contribution in [0, 0.1) is 0 Å². The molecule has 0 spiro atoms. The van der Waals surface area contributed by atoms with E-state index in [9.17, 15) is 4.79 Å². The van der Waals surface area contributed by atoms with Crippen LogP contribution < -0.4 is 10.6 Å². The molecule has 0 bridgehead atoms. The van der Waals surface area contributed by atoms with Crippen LogP contribution in [-0.4, -0.2) is 27.9 Å². The van der Waals surface area contributed by atoms with Crippen LogP contribution in [0.2, 0.25) is 0 Å². The van der Waals surface area contributed by atoms with E-state index in [1.807, 2.05) is 6.07 Å². The number of anilines is 1. The molecular weight excluding hydrogens is 260 g/mol. The fraction of sp³-hybridized carbons (Fsp3) is 0.0769. The van der Waals surface area contributed by atoms with Gasteiger partial charge in [0.2, 0.25) is 0 Å². The molecule has 0 aliphatic heterocycles. The molecule has 0 atom stereocenters. The molecule has 2 heterocycles.